The summed E-state index contributed by atoms with van der Waals surface area (Å²) in [6, 6.07) is 54.8. The Bertz CT molecular complexity index is 2990. The van der Waals surface area contributed by atoms with Gasteiger partial charge in [-0.3, -0.25) is 4.57 Å². The zero-order chi connectivity index (χ0) is 45.2. The lowest BCUT2D eigenvalue weighted by molar-refractivity contribution is 0.483. The molecule has 0 aliphatic carbocycles. The molecule has 324 valence electrons. The van der Waals surface area contributed by atoms with Gasteiger partial charge in [0.15, 0.2) is 0 Å². The number of nitrogens with zero attached hydrogens (tertiary/aromatic N) is 4. The third kappa shape index (κ3) is 8.20. The minimum Gasteiger partial charge on any atom is -0.457 e. The highest BCUT2D eigenvalue weighted by Crippen LogP contribution is 2.45. The Morgan fingerprint density at radius 2 is 1.09 bits per heavy atom. The molecular weight excluding hydrogens is 781 g/mol. The Labute approximate surface area is 380 Å². The normalized spacial score (nSPS) is 13.8. The predicted octanol–water partition coefficient (Wildman–Crippen LogP) is 15.6. The van der Waals surface area contributed by atoms with Crippen molar-refractivity contribution in [2.45, 2.75) is 97.8 Å². The van der Waals surface area contributed by atoms with E-state index >= 15 is 0 Å². The number of pyridine rings is 1. The molecule has 2 aromatic heterocycles. The van der Waals surface area contributed by atoms with Crippen LogP contribution < -0.4 is 14.5 Å². The van der Waals surface area contributed by atoms with Crippen LogP contribution in [0.3, 0.4) is 0 Å². The summed E-state index contributed by atoms with van der Waals surface area (Å²) in [6.07, 6.45) is 4.29. The van der Waals surface area contributed by atoms with Crippen molar-refractivity contribution in [2.75, 3.05) is 16.5 Å². The average Bonchev–Trinajstić information content (AvgIpc) is 3.87. The number of para-hydroxylation sites is 1. The van der Waals surface area contributed by atoms with Crippen LogP contribution in [0.4, 0.5) is 11.4 Å². The zero-order valence-electron chi connectivity index (χ0n) is 39.5. The first-order valence-electron chi connectivity index (χ1n) is 22.7. The molecular formula is C59H62N4O. The molecule has 1 aliphatic heterocycles. The maximum absolute atomic E-state index is 7.00. The Morgan fingerprint density at radius 1 is 0.469 bits per heavy atom. The van der Waals surface area contributed by atoms with Crippen LogP contribution in [-0.4, -0.2) is 16.2 Å². The number of rotatable bonds is 8. The number of hydrogen-bond acceptors (Lipinski definition) is 4. The summed E-state index contributed by atoms with van der Waals surface area (Å²) in [6.45, 7) is 26.0. The highest BCUT2D eigenvalue weighted by atomic mass is 16.5. The fourth-order valence-electron chi connectivity index (χ4n) is 9.01. The molecule has 3 heterocycles. The van der Waals surface area contributed by atoms with Gasteiger partial charge < -0.3 is 14.5 Å². The molecule has 0 unspecified atom stereocenters. The highest BCUT2D eigenvalue weighted by molar-refractivity contribution is 6.09. The highest BCUT2D eigenvalue weighted by Gasteiger charge is 2.37. The average molecular weight is 843 g/mol. The van der Waals surface area contributed by atoms with Crippen molar-refractivity contribution in [3.63, 3.8) is 0 Å². The second-order valence-corrected chi connectivity index (χ2v) is 21.2. The summed E-state index contributed by atoms with van der Waals surface area (Å²) in [5.74, 6) is 2.43. The number of anilines is 2. The molecule has 0 bridgehead atoms. The first-order valence-corrected chi connectivity index (χ1v) is 22.7. The van der Waals surface area contributed by atoms with Gasteiger partial charge in [0, 0.05) is 57.8 Å². The van der Waals surface area contributed by atoms with Crippen molar-refractivity contribution in [2.24, 2.45) is 0 Å². The third-order valence-corrected chi connectivity index (χ3v) is 13.0. The monoisotopic (exact) mass is 842 g/mol. The number of ether oxygens (including phenoxy) is 1. The summed E-state index contributed by atoms with van der Waals surface area (Å²) >= 11 is 0. The van der Waals surface area contributed by atoms with E-state index in [4.69, 9.17) is 9.72 Å². The summed E-state index contributed by atoms with van der Waals surface area (Å²) in [4.78, 5) is 9.85. The number of allylic oxidation sites excluding steroid dienone is 1. The van der Waals surface area contributed by atoms with E-state index in [1.807, 2.05) is 6.20 Å². The van der Waals surface area contributed by atoms with E-state index in [0.29, 0.717) is 6.67 Å². The summed E-state index contributed by atoms with van der Waals surface area (Å²) in [5, 5.41) is 2.34. The molecule has 0 atom stereocenters. The number of fused-ring (bicyclic) bond motifs is 3. The second kappa shape index (κ2) is 15.9. The van der Waals surface area contributed by atoms with Crippen molar-refractivity contribution < 1.29 is 4.74 Å². The number of aromatic nitrogens is 2. The molecule has 0 fully saturated rings. The molecule has 0 N–H and O–H groups in total. The van der Waals surface area contributed by atoms with Gasteiger partial charge in [0.2, 0.25) is 0 Å². The topological polar surface area (TPSA) is 33.5 Å². The second-order valence-electron chi connectivity index (χ2n) is 21.2. The van der Waals surface area contributed by atoms with E-state index < -0.39 is 0 Å². The molecule has 0 spiro atoms. The van der Waals surface area contributed by atoms with Gasteiger partial charge in [-0.25, -0.2) is 4.98 Å². The van der Waals surface area contributed by atoms with Crippen LogP contribution in [0.1, 0.15) is 98.4 Å². The van der Waals surface area contributed by atoms with E-state index in [-0.39, 0.29) is 21.7 Å². The zero-order valence-corrected chi connectivity index (χ0v) is 39.5. The Hall–Kier alpha value is -6.59. The fraction of sp³-hybridized carbons (Fsp3) is 0.271. The lowest BCUT2D eigenvalue weighted by Crippen LogP contribution is -2.34. The van der Waals surface area contributed by atoms with Gasteiger partial charge in [-0.15, -0.1) is 0 Å². The van der Waals surface area contributed by atoms with E-state index in [0.717, 1.165) is 50.6 Å². The van der Waals surface area contributed by atoms with Crippen molar-refractivity contribution in [1.29, 1.82) is 0 Å². The van der Waals surface area contributed by atoms with Crippen LogP contribution in [0.15, 0.2) is 170 Å². The van der Waals surface area contributed by atoms with Crippen molar-refractivity contribution in [3.05, 3.63) is 192 Å². The van der Waals surface area contributed by atoms with Gasteiger partial charge in [0.25, 0.3) is 0 Å². The molecule has 0 saturated heterocycles. The van der Waals surface area contributed by atoms with Gasteiger partial charge in [-0.1, -0.05) is 161 Å². The molecule has 5 nitrogen and oxygen atoms in total. The maximum Gasteiger partial charge on any atom is 0.137 e. The molecule has 1 aliphatic rings. The Kier molecular flexibility index (Phi) is 10.6. The van der Waals surface area contributed by atoms with Gasteiger partial charge in [0.05, 0.1) is 17.7 Å². The lowest BCUT2D eigenvalue weighted by atomic mass is 9.79. The molecule has 0 amide bonds. The van der Waals surface area contributed by atoms with Gasteiger partial charge in [-0.05, 0) is 104 Å². The molecule has 5 heteroatoms. The first-order chi connectivity index (χ1) is 30.3. The maximum atomic E-state index is 7.00. The molecule has 6 aromatic carbocycles. The van der Waals surface area contributed by atoms with E-state index in [9.17, 15) is 0 Å². The SMILES string of the molecule is CC(C)(C)c1cc(N2CN(c3cc(Oc4ccc5c6ccccc6n(-c6cc(C(C)(C)C)ccn6)c5c4)cc(-c4ccccc4)c3)C=C2C(C)(C)c2ccccc2)cc(C(C)(C)C)c1. The van der Waals surface area contributed by atoms with Crippen LogP contribution in [0, 0.1) is 0 Å². The minimum atomic E-state index is -0.304. The Balaban J connectivity index is 1.18. The van der Waals surface area contributed by atoms with Crippen molar-refractivity contribution in [3.8, 4) is 28.4 Å². The minimum absolute atomic E-state index is 0.0162. The third-order valence-electron chi connectivity index (χ3n) is 13.0. The van der Waals surface area contributed by atoms with E-state index in [1.165, 1.54) is 39.0 Å². The van der Waals surface area contributed by atoms with Gasteiger partial charge in [0.1, 0.15) is 17.3 Å². The Morgan fingerprint density at radius 3 is 1.77 bits per heavy atom. The summed E-state index contributed by atoms with van der Waals surface area (Å²) in [5.41, 5.74) is 12.7. The lowest BCUT2D eigenvalue weighted by Gasteiger charge is -2.36. The molecule has 0 saturated carbocycles. The van der Waals surface area contributed by atoms with Crippen molar-refractivity contribution >= 4 is 33.2 Å². The number of benzene rings is 6. The molecule has 9 rings (SSSR count). The van der Waals surface area contributed by atoms with E-state index in [1.54, 1.807) is 0 Å². The predicted molar refractivity (Wildman–Crippen MR) is 270 cm³/mol. The van der Waals surface area contributed by atoms with Gasteiger partial charge >= 0.3 is 0 Å². The largest absolute Gasteiger partial charge is 0.457 e. The van der Waals surface area contributed by atoms with Crippen LogP contribution in [0.2, 0.25) is 0 Å². The quantitative estimate of drug-likeness (QED) is 0.153. The summed E-state index contributed by atoms with van der Waals surface area (Å²) in [7, 11) is 0. The molecule has 64 heavy (non-hydrogen) atoms. The van der Waals surface area contributed by atoms with Crippen LogP contribution in [-0.2, 0) is 21.7 Å². The first kappa shape index (κ1) is 42.7. The van der Waals surface area contributed by atoms with Crippen molar-refractivity contribution in [1.82, 2.24) is 9.55 Å². The fourth-order valence-corrected chi connectivity index (χ4v) is 9.01. The smallest absolute Gasteiger partial charge is 0.137 e. The summed E-state index contributed by atoms with van der Waals surface area (Å²) < 4.78 is 9.28. The van der Waals surface area contributed by atoms with Gasteiger partial charge in [-0.2, -0.15) is 0 Å². The number of hydrogen-bond donors (Lipinski definition) is 0. The van der Waals surface area contributed by atoms with E-state index in [2.05, 4.69) is 248 Å². The standard InChI is InChI=1S/C59H62N4O/c1-56(2,3)43-28-29-60-55(35-43)63-52-25-19-18-24-50(52)51-27-26-48(37-53(51)63)64-49-31-41(40-20-14-12-15-21-40)30-46(36-49)61-38-54(59(10,11)42-22-16-13-17-23-42)62(39-61)47-33-44(57(4,5)6)32-45(34-47)58(7,8)9/h12-38H,39H2,1-11H3. The van der Waals surface area contributed by atoms with Crippen LogP contribution in [0.25, 0.3) is 38.8 Å². The molecule has 0 radical (unpaired) electrons. The van der Waals surface area contributed by atoms with Crippen LogP contribution in [0.5, 0.6) is 11.5 Å². The van der Waals surface area contributed by atoms with Crippen LogP contribution >= 0.6 is 0 Å². The molecule has 8 aromatic rings.